The van der Waals surface area contributed by atoms with Gasteiger partial charge in [0.25, 0.3) is 0 Å². The third-order valence-electron chi connectivity index (χ3n) is 1.59. The molecule has 1 aliphatic rings. The van der Waals surface area contributed by atoms with E-state index in [2.05, 4.69) is 36.3 Å². The van der Waals surface area contributed by atoms with Crippen LogP contribution >= 0.6 is 0 Å². The molecule has 0 radical (unpaired) electrons. The van der Waals surface area contributed by atoms with Gasteiger partial charge in [-0.2, -0.15) is 24.4 Å². The summed E-state index contributed by atoms with van der Waals surface area (Å²) in [6.07, 6.45) is 14.2. The van der Waals surface area contributed by atoms with E-state index in [1.165, 1.54) is 5.57 Å². The van der Waals surface area contributed by atoms with Crippen molar-refractivity contribution in [1.29, 1.82) is 0 Å². The molecule has 0 unspecified atom stereocenters. The van der Waals surface area contributed by atoms with Crippen LogP contribution in [0.3, 0.4) is 0 Å². The van der Waals surface area contributed by atoms with Gasteiger partial charge in [-0.1, -0.05) is 13.3 Å². The second-order valence-electron chi connectivity index (χ2n) is 2.48. The Bertz CT molecular complexity index is 230. The standard InChI is InChI=1S/C7H9.C4H4N.Ru/c1-2-7-5-3-4-6-7;1-2-4-5-3-1;/h3,5H,2,4H2,1H3;1-3,5H;/q2*-1;+2. The largest absolute Gasteiger partial charge is 2.00 e. The number of H-pyrrole nitrogens is 1. The first-order valence-corrected chi connectivity index (χ1v) is 4.19. The molecule has 1 heterocycles. The molecule has 0 aromatic carbocycles. The molecule has 0 saturated heterocycles. The quantitative estimate of drug-likeness (QED) is 0.590. The van der Waals surface area contributed by atoms with Crippen LogP contribution in [0, 0.1) is 12.3 Å². The van der Waals surface area contributed by atoms with Crippen LogP contribution in [0.5, 0.6) is 0 Å². The van der Waals surface area contributed by atoms with Crippen molar-refractivity contribution in [2.24, 2.45) is 0 Å². The summed E-state index contributed by atoms with van der Waals surface area (Å²) < 4.78 is 0. The van der Waals surface area contributed by atoms with Gasteiger partial charge < -0.3 is 4.98 Å². The van der Waals surface area contributed by atoms with E-state index < -0.39 is 0 Å². The molecule has 1 N–H and O–H groups in total. The van der Waals surface area contributed by atoms with Crippen molar-refractivity contribution in [3.63, 3.8) is 0 Å². The van der Waals surface area contributed by atoms with E-state index in [4.69, 9.17) is 0 Å². The molecule has 1 nitrogen and oxygen atoms in total. The van der Waals surface area contributed by atoms with Gasteiger partial charge in [0, 0.05) is 0 Å². The summed E-state index contributed by atoms with van der Waals surface area (Å²) in [4.78, 5) is 2.74. The predicted molar refractivity (Wildman–Crippen MR) is 50.4 cm³/mol. The van der Waals surface area contributed by atoms with E-state index in [0.717, 1.165) is 12.8 Å². The number of hydrogen-bond acceptors (Lipinski definition) is 0. The van der Waals surface area contributed by atoms with Gasteiger partial charge in [0.05, 0.1) is 0 Å². The van der Waals surface area contributed by atoms with E-state index in [-0.39, 0.29) is 19.5 Å². The average Bonchev–Trinajstić information content (AvgIpc) is 2.81. The minimum absolute atomic E-state index is 0. The fraction of sp³-hybridized carbons (Fsp3) is 0.273. The third-order valence-corrected chi connectivity index (χ3v) is 1.59. The summed E-state index contributed by atoms with van der Waals surface area (Å²) in [6, 6.07) is 3.71. The van der Waals surface area contributed by atoms with E-state index in [9.17, 15) is 0 Å². The normalized spacial score (nSPS) is 12.5. The second-order valence-corrected chi connectivity index (χ2v) is 2.48. The van der Waals surface area contributed by atoms with Crippen LogP contribution in [0.2, 0.25) is 0 Å². The molecule has 70 valence electrons. The summed E-state index contributed by atoms with van der Waals surface area (Å²) in [7, 11) is 0. The average molecular weight is 260 g/mol. The monoisotopic (exact) mass is 261 g/mol. The maximum absolute atomic E-state index is 3.21. The first kappa shape index (κ1) is 12.4. The van der Waals surface area contributed by atoms with Crippen LogP contribution in [0.1, 0.15) is 19.8 Å². The second kappa shape index (κ2) is 8.00. The van der Waals surface area contributed by atoms with Gasteiger partial charge in [-0.05, 0) is 0 Å². The zero-order valence-corrected chi connectivity index (χ0v) is 9.39. The number of hydrogen-bond donors (Lipinski definition) is 1. The van der Waals surface area contributed by atoms with Gasteiger partial charge in [0.15, 0.2) is 0 Å². The Morgan fingerprint density at radius 3 is 2.62 bits per heavy atom. The summed E-state index contributed by atoms with van der Waals surface area (Å²) in [6.45, 7) is 2.15. The number of allylic oxidation sites excluding steroid dienone is 4. The van der Waals surface area contributed by atoms with Crippen LogP contribution < -0.4 is 0 Å². The molecule has 0 aliphatic heterocycles. The molecule has 0 spiro atoms. The molecular weight excluding hydrogens is 247 g/mol. The zero-order valence-electron chi connectivity index (χ0n) is 7.65. The van der Waals surface area contributed by atoms with Gasteiger partial charge >= 0.3 is 19.5 Å². The Kier molecular flexibility index (Phi) is 7.62. The molecule has 1 aromatic rings. The Balaban J connectivity index is 0.000000215. The molecule has 0 atom stereocenters. The summed E-state index contributed by atoms with van der Waals surface area (Å²) in [5, 5.41) is 0. The van der Waals surface area contributed by atoms with Gasteiger partial charge in [0.1, 0.15) is 0 Å². The van der Waals surface area contributed by atoms with Crippen LogP contribution in [-0.2, 0) is 19.5 Å². The molecule has 0 bridgehead atoms. The van der Waals surface area contributed by atoms with E-state index in [1.807, 2.05) is 18.3 Å². The SMILES string of the molecule is CCC1=[C-]CC=C1.[Ru+2].[c-]1ccc[nH]1. The van der Waals surface area contributed by atoms with Crippen LogP contribution in [0.15, 0.2) is 36.1 Å². The maximum Gasteiger partial charge on any atom is 2.00 e. The van der Waals surface area contributed by atoms with E-state index in [1.54, 1.807) is 0 Å². The van der Waals surface area contributed by atoms with Crippen molar-refractivity contribution >= 4 is 0 Å². The molecule has 2 rings (SSSR count). The Labute approximate surface area is 92.7 Å². The third kappa shape index (κ3) is 5.60. The number of aromatic amines is 1. The van der Waals surface area contributed by atoms with Gasteiger partial charge in [0.2, 0.25) is 0 Å². The van der Waals surface area contributed by atoms with Gasteiger partial charge in [-0.3, -0.25) is 6.08 Å². The smallest absolute Gasteiger partial charge is 0.484 e. The zero-order chi connectivity index (χ0) is 8.65. The van der Waals surface area contributed by atoms with Gasteiger partial charge in [-0.15, -0.1) is 12.6 Å². The molecule has 13 heavy (non-hydrogen) atoms. The van der Waals surface area contributed by atoms with E-state index in [0.29, 0.717) is 0 Å². The number of aromatic nitrogens is 1. The Hall–Kier alpha value is -0.617. The van der Waals surface area contributed by atoms with Crippen molar-refractivity contribution < 1.29 is 19.5 Å². The fourth-order valence-corrected chi connectivity index (χ4v) is 0.934. The molecule has 0 amide bonds. The molecule has 1 aliphatic carbocycles. The van der Waals surface area contributed by atoms with Crippen LogP contribution in [0.4, 0.5) is 0 Å². The van der Waals surface area contributed by atoms with Crippen molar-refractivity contribution in [1.82, 2.24) is 4.98 Å². The van der Waals surface area contributed by atoms with Crippen molar-refractivity contribution in [3.05, 3.63) is 48.3 Å². The van der Waals surface area contributed by atoms with Crippen molar-refractivity contribution in [3.8, 4) is 0 Å². The number of nitrogens with one attached hydrogen (secondary N) is 1. The molecule has 1 aromatic heterocycles. The Morgan fingerprint density at radius 1 is 1.54 bits per heavy atom. The summed E-state index contributed by atoms with van der Waals surface area (Å²) >= 11 is 0. The molecule has 0 saturated carbocycles. The minimum atomic E-state index is 0. The minimum Gasteiger partial charge on any atom is -0.484 e. The maximum atomic E-state index is 3.21. The first-order valence-electron chi connectivity index (χ1n) is 4.19. The first-order chi connectivity index (χ1) is 5.93. The topological polar surface area (TPSA) is 15.8 Å². The predicted octanol–water partition coefficient (Wildman–Crippen LogP) is 2.90. The molecular formula is C11H13NRu. The van der Waals surface area contributed by atoms with E-state index >= 15 is 0 Å². The summed E-state index contributed by atoms with van der Waals surface area (Å²) in [5.41, 5.74) is 1.36. The molecule has 2 heteroatoms. The van der Waals surface area contributed by atoms with Crippen molar-refractivity contribution in [2.45, 2.75) is 19.8 Å². The number of rotatable bonds is 1. The summed E-state index contributed by atoms with van der Waals surface area (Å²) in [5.74, 6) is 0. The van der Waals surface area contributed by atoms with Crippen molar-refractivity contribution in [2.75, 3.05) is 0 Å². The molecule has 0 fully saturated rings. The fourth-order valence-electron chi connectivity index (χ4n) is 0.934. The van der Waals surface area contributed by atoms with Gasteiger partial charge in [-0.25, -0.2) is 11.6 Å². The Morgan fingerprint density at radius 2 is 2.38 bits per heavy atom. The van der Waals surface area contributed by atoms with Crippen LogP contribution in [-0.4, -0.2) is 4.98 Å². The van der Waals surface area contributed by atoms with Crippen LogP contribution in [0.25, 0.3) is 0 Å².